The molecule has 4 aromatic heterocycles. The van der Waals surface area contributed by atoms with E-state index in [4.69, 9.17) is 4.98 Å². The zero-order valence-electron chi connectivity index (χ0n) is 21.4. The number of fused-ring (bicyclic) bond motifs is 1. The summed E-state index contributed by atoms with van der Waals surface area (Å²) in [4.78, 5) is 41.6. The molecule has 0 aliphatic heterocycles. The molecule has 1 aliphatic carbocycles. The molecule has 0 bridgehead atoms. The molecule has 0 saturated heterocycles. The second-order valence-electron chi connectivity index (χ2n) is 9.31. The molecule has 10 nitrogen and oxygen atoms in total. The minimum atomic E-state index is -1.06. The molecule has 5 rings (SSSR count). The fourth-order valence-electron chi connectivity index (χ4n) is 4.32. The van der Waals surface area contributed by atoms with Gasteiger partial charge in [0.2, 0.25) is 0 Å². The summed E-state index contributed by atoms with van der Waals surface area (Å²) in [6.45, 7) is 8.11. The van der Waals surface area contributed by atoms with E-state index in [1.807, 2.05) is 20.8 Å². The van der Waals surface area contributed by atoms with Crippen LogP contribution in [0, 0.1) is 0 Å². The average Bonchev–Trinajstić information content (AvgIpc) is 3.76. The summed E-state index contributed by atoms with van der Waals surface area (Å²) in [6.07, 6.45) is 7.83. The van der Waals surface area contributed by atoms with Crippen molar-refractivity contribution in [1.82, 2.24) is 34.5 Å². The molecule has 0 aromatic carbocycles. The molecule has 37 heavy (non-hydrogen) atoms. The van der Waals surface area contributed by atoms with Crippen LogP contribution in [0.5, 0.6) is 0 Å². The molecule has 11 heteroatoms. The summed E-state index contributed by atoms with van der Waals surface area (Å²) in [5, 5.41) is 3.12. The van der Waals surface area contributed by atoms with Crippen molar-refractivity contribution in [1.29, 1.82) is 0 Å². The smallest absolute Gasteiger partial charge is 0.295 e. The van der Waals surface area contributed by atoms with Crippen molar-refractivity contribution in [3.8, 4) is 11.4 Å². The SMILES string of the molecule is CCc1ncnc(C2CC2)c1-c1ncc2nc(NCc3ccc(S(=O)CC)cn3)c(=O)n(C(C)C)c2n1. The van der Waals surface area contributed by atoms with Crippen LogP contribution in [0.3, 0.4) is 0 Å². The van der Waals surface area contributed by atoms with E-state index in [9.17, 15) is 9.00 Å². The van der Waals surface area contributed by atoms with Crippen molar-refractivity contribution >= 4 is 27.8 Å². The topological polar surface area (TPSA) is 128 Å². The van der Waals surface area contributed by atoms with Crippen molar-refractivity contribution in [3.05, 3.63) is 58.3 Å². The largest absolute Gasteiger partial charge is 0.360 e. The molecule has 0 spiro atoms. The Hall–Kier alpha value is -3.60. The number of rotatable bonds is 9. The van der Waals surface area contributed by atoms with Crippen molar-refractivity contribution in [2.24, 2.45) is 0 Å². The van der Waals surface area contributed by atoms with Gasteiger partial charge in [0.1, 0.15) is 11.8 Å². The van der Waals surface area contributed by atoms with Crippen LogP contribution >= 0.6 is 0 Å². The predicted molar refractivity (Wildman–Crippen MR) is 143 cm³/mol. The second-order valence-corrected chi connectivity index (χ2v) is 11.1. The van der Waals surface area contributed by atoms with Crippen LogP contribution in [-0.4, -0.2) is 44.4 Å². The van der Waals surface area contributed by atoms with Crippen LogP contribution in [0.4, 0.5) is 5.82 Å². The van der Waals surface area contributed by atoms with Gasteiger partial charge in [0.15, 0.2) is 17.3 Å². The van der Waals surface area contributed by atoms with Crippen LogP contribution < -0.4 is 10.9 Å². The summed E-state index contributed by atoms with van der Waals surface area (Å²) in [5.74, 6) is 1.68. The monoisotopic (exact) mass is 518 g/mol. The molecule has 4 aromatic rings. The van der Waals surface area contributed by atoms with Gasteiger partial charge in [0.05, 0.1) is 51.1 Å². The van der Waals surface area contributed by atoms with Crippen LogP contribution in [0.1, 0.15) is 69.6 Å². The highest BCUT2D eigenvalue weighted by molar-refractivity contribution is 7.85. The average molecular weight is 519 g/mol. The van der Waals surface area contributed by atoms with Gasteiger partial charge in [-0.1, -0.05) is 13.8 Å². The fourth-order valence-corrected chi connectivity index (χ4v) is 5.05. The maximum atomic E-state index is 13.5. The van der Waals surface area contributed by atoms with Gasteiger partial charge >= 0.3 is 0 Å². The summed E-state index contributed by atoms with van der Waals surface area (Å²) in [6, 6.07) is 3.45. The summed E-state index contributed by atoms with van der Waals surface area (Å²) >= 11 is 0. The van der Waals surface area contributed by atoms with E-state index in [1.54, 1.807) is 35.4 Å². The minimum absolute atomic E-state index is 0.150. The van der Waals surface area contributed by atoms with E-state index in [2.05, 4.69) is 37.2 Å². The van der Waals surface area contributed by atoms with Gasteiger partial charge in [-0.05, 0) is 45.2 Å². The van der Waals surface area contributed by atoms with E-state index >= 15 is 0 Å². The Bertz CT molecular complexity index is 1530. The number of aryl methyl sites for hydroxylation is 1. The van der Waals surface area contributed by atoms with Gasteiger partial charge in [0.25, 0.3) is 5.56 Å². The number of aromatic nitrogens is 7. The Morgan fingerprint density at radius 3 is 2.54 bits per heavy atom. The molecule has 0 amide bonds. The first kappa shape index (κ1) is 25.1. The predicted octanol–water partition coefficient (Wildman–Crippen LogP) is 3.80. The van der Waals surface area contributed by atoms with Crippen LogP contribution in [0.2, 0.25) is 0 Å². The normalized spacial score (nSPS) is 14.3. The maximum absolute atomic E-state index is 13.5. The standard InChI is InChI=1S/C26H30N8O2S/c1-5-19-21(22(16-7-8-16)31-14-30-19)23-29-13-20-25(33-23)34(15(3)4)26(35)24(32-20)28-11-17-9-10-18(12-27-17)37(36)6-2/h9-10,12-16H,5-8,11H2,1-4H3,(H,28,32). The van der Waals surface area contributed by atoms with Gasteiger partial charge in [-0.25, -0.2) is 24.9 Å². The van der Waals surface area contributed by atoms with Gasteiger partial charge in [-0.2, -0.15) is 0 Å². The number of nitrogens with zero attached hydrogens (tertiary/aromatic N) is 7. The van der Waals surface area contributed by atoms with Crippen LogP contribution in [0.25, 0.3) is 22.6 Å². The van der Waals surface area contributed by atoms with Crippen LogP contribution in [0.15, 0.2) is 40.5 Å². The van der Waals surface area contributed by atoms with Gasteiger partial charge in [0, 0.05) is 23.9 Å². The Morgan fingerprint density at radius 2 is 1.89 bits per heavy atom. The lowest BCUT2D eigenvalue weighted by Gasteiger charge is -2.16. The molecular formula is C26H30N8O2S. The highest BCUT2D eigenvalue weighted by Gasteiger charge is 2.30. The quantitative estimate of drug-likeness (QED) is 0.352. The summed E-state index contributed by atoms with van der Waals surface area (Å²) in [7, 11) is -1.06. The third-order valence-electron chi connectivity index (χ3n) is 6.39. The number of nitrogens with one attached hydrogen (secondary N) is 1. The highest BCUT2D eigenvalue weighted by atomic mass is 32.2. The lowest BCUT2D eigenvalue weighted by Crippen LogP contribution is -2.27. The van der Waals surface area contributed by atoms with E-state index in [0.29, 0.717) is 45.8 Å². The summed E-state index contributed by atoms with van der Waals surface area (Å²) in [5.41, 5.74) is 4.21. The van der Waals surface area contributed by atoms with Crippen molar-refractivity contribution < 1.29 is 4.21 Å². The lowest BCUT2D eigenvalue weighted by molar-refractivity contribution is 0.593. The van der Waals surface area contributed by atoms with E-state index in [1.165, 1.54) is 0 Å². The van der Waals surface area contributed by atoms with Gasteiger partial charge in [-0.3, -0.25) is 18.6 Å². The van der Waals surface area contributed by atoms with Crippen molar-refractivity contribution in [3.63, 3.8) is 0 Å². The molecule has 1 N–H and O–H groups in total. The third kappa shape index (κ3) is 5.00. The zero-order chi connectivity index (χ0) is 26.1. The van der Waals surface area contributed by atoms with Gasteiger partial charge < -0.3 is 5.32 Å². The molecule has 4 heterocycles. The molecular weight excluding hydrogens is 488 g/mol. The maximum Gasteiger partial charge on any atom is 0.295 e. The molecule has 1 unspecified atom stereocenters. The lowest BCUT2D eigenvalue weighted by atomic mass is 10.1. The first-order chi connectivity index (χ1) is 17.9. The molecule has 0 radical (unpaired) electrons. The molecule has 1 aliphatic rings. The second kappa shape index (κ2) is 10.4. The molecule has 1 fully saturated rings. The van der Waals surface area contributed by atoms with Crippen molar-refractivity contribution in [2.45, 2.75) is 70.4 Å². The van der Waals surface area contributed by atoms with E-state index in [-0.39, 0.29) is 17.4 Å². The number of anilines is 1. The zero-order valence-corrected chi connectivity index (χ0v) is 22.2. The van der Waals surface area contributed by atoms with Crippen LogP contribution in [-0.2, 0) is 23.8 Å². The fraction of sp³-hybridized carbons (Fsp3) is 0.423. The Balaban J connectivity index is 1.52. The first-order valence-corrected chi connectivity index (χ1v) is 13.9. The first-order valence-electron chi connectivity index (χ1n) is 12.6. The highest BCUT2D eigenvalue weighted by Crippen LogP contribution is 2.43. The minimum Gasteiger partial charge on any atom is -0.360 e. The third-order valence-corrected chi connectivity index (χ3v) is 7.68. The number of hydrogen-bond acceptors (Lipinski definition) is 9. The molecule has 192 valence electrons. The Labute approximate surface area is 217 Å². The summed E-state index contributed by atoms with van der Waals surface area (Å²) < 4.78 is 13.6. The molecule has 1 saturated carbocycles. The Kier molecular flexibility index (Phi) is 7.05. The Morgan fingerprint density at radius 1 is 1.08 bits per heavy atom. The number of pyridine rings is 1. The molecule has 1 atom stereocenters. The number of hydrogen-bond donors (Lipinski definition) is 1. The van der Waals surface area contributed by atoms with Gasteiger partial charge in [-0.15, -0.1) is 0 Å². The van der Waals surface area contributed by atoms with E-state index in [0.717, 1.165) is 36.2 Å². The van der Waals surface area contributed by atoms with E-state index < -0.39 is 10.8 Å². The van der Waals surface area contributed by atoms with Crippen molar-refractivity contribution in [2.75, 3.05) is 11.1 Å².